The van der Waals surface area contributed by atoms with Crippen molar-refractivity contribution >= 4 is 22.8 Å². The highest BCUT2D eigenvalue weighted by atomic mass is 16.4. The lowest BCUT2D eigenvalue weighted by Gasteiger charge is -2.36. The zero-order valence-electron chi connectivity index (χ0n) is 14.5. The Balaban J connectivity index is 1.67. The van der Waals surface area contributed by atoms with Gasteiger partial charge in [0.1, 0.15) is 12.1 Å². The van der Waals surface area contributed by atoms with Crippen molar-refractivity contribution in [3.05, 3.63) is 34.6 Å². The minimum absolute atomic E-state index is 0.0447. The molecular formula is C18H22N4O4. The van der Waals surface area contributed by atoms with Gasteiger partial charge in [0.2, 0.25) is 5.91 Å². The van der Waals surface area contributed by atoms with E-state index in [0.717, 1.165) is 36.8 Å². The van der Waals surface area contributed by atoms with Crippen molar-refractivity contribution in [2.24, 2.45) is 5.41 Å². The summed E-state index contributed by atoms with van der Waals surface area (Å²) in [6.07, 6.45) is 4.66. The molecule has 0 unspecified atom stereocenters. The van der Waals surface area contributed by atoms with Crippen LogP contribution in [0.25, 0.3) is 10.9 Å². The van der Waals surface area contributed by atoms with Gasteiger partial charge in [-0.2, -0.15) is 0 Å². The minimum atomic E-state index is -0.849. The Morgan fingerprint density at radius 2 is 1.92 bits per heavy atom. The van der Waals surface area contributed by atoms with Gasteiger partial charge in [-0.05, 0) is 30.4 Å². The van der Waals surface area contributed by atoms with E-state index in [1.807, 2.05) is 0 Å². The van der Waals surface area contributed by atoms with Crippen LogP contribution in [0.15, 0.2) is 29.1 Å². The molecule has 2 aromatic rings. The number of nitrogens with one attached hydrogen (secondary N) is 1. The first-order valence-corrected chi connectivity index (χ1v) is 8.80. The molecule has 0 saturated heterocycles. The molecule has 26 heavy (non-hydrogen) atoms. The van der Waals surface area contributed by atoms with Gasteiger partial charge in [-0.25, -0.2) is 4.68 Å². The molecule has 1 fully saturated rings. The molecule has 138 valence electrons. The van der Waals surface area contributed by atoms with E-state index in [1.54, 1.807) is 24.3 Å². The lowest BCUT2D eigenvalue weighted by atomic mass is 9.71. The van der Waals surface area contributed by atoms with Crippen molar-refractivity contribution in [2.75, 3.05) is 6.54 Å². The van der Waals surface area contributed by atoms with Crippen molar-refractivity contribution in [2.45, 2.75) is 45.1 Å². The summed E-state index contributed by atoms with van der Waals surface area (Å²) < 4.78 is 1.03. The standard InChI is InChI=1S/C18H22N4O4/c23-15(19-12-18(10-16(24)25)8-4-1-5-9-18)11-22-17(26)13-6-2-3-7-14(13)20-21-22/h2-3,6-7H,1,4-5,8-12H2,(H,19,23)(H,24,25). The molecule has 2 N–H and O–H groups in total. The quantitative estimate of drug-likeness (QED) is 0.805. The number of fused-ring (bicyclic) bond motifs is 1. The largest absolute Gasteiger partial charge is 0.481 e. The third-order valence-electron chi connectivity index (χ3n) is 5.02. The fraction of sp³-hybridized carbons (Fsp3) is 0.500. The number of aromatic nitrogens is 3. The molecule has 1 aromatic carbocycles. The first-order valence-electron chi connectivity index (χ1n) is 8.80. The van der Waals surface area contributed by atoms with Crippen molar-refractivity contribution in [1.82, 2.24) is 20.3 Å². The van der Waals surface area contributed by atoms with Crippen molar-refractivity contribution in [1.29, 1.82) is 0 Å². The number of rotatable bonds is 6. The monoisotopic (exact) mass is 358 g/mol. The van der Waals surface area contributed by atoms with E-state index in [9.17, 15) is 19.5 Å². The summed E-state index contributed by atoms with van der Waals surface area (Å²) in [4.78, 5) is 35.9. The average molecular weight is 358 g/mol. The number of hydrogen-bond donors (Lipinski definition) is 2. The summed E-state index contributed by atoms with van der Waals surface area (Å²) in [5.74, 6) is -1.22. The molecule has 8 nitrogen and oxygen atoms in total. The van der Waals surface area contributed by atoms with E-state index >= 15 is 0 Å². The maximum Gasteiger partial charge on any atom is 0.303 e. The fourth-order valence-corrected chi connectivity index (χ4v) is 3.64. The molecule has 1 aliphatic rings. The van der Waals surface area contributed by atoms with Crippen LogP contribution in [0.4, 0.5) is 0 Å². The molecule has 0 bridgehead atoms. The Hall–Kier alpha value is -2.77. The molecule has 0 atom stereocenters. The molecule has 0 aliphatic heterocycles. The van der Waals surface area contributed by atoms with Crippen LogP contribution in [-0.2, 0) is 16.1 Å². The van der Waals surface area contributed by atoms with Crippen LogP contribution in [0, 0.1) is 5.41 Å². The maximum absolute atomic E-state index is 12.4. The number of aliphatic carboxylic acids is 1. The van der Waals surface area contributed by atoms with Crippen LogP contribution < -0.4 is 10.9 Å². The number of carbonyl (C=O) groups is 2. The lowest BCUT2D eigenvalue weighted by Crippen LogP contribution is -2.42. The van der Waals surface area contributed by atoms with E-state index in [4.69, 9.17) is 0 Å². The second-order valence-electron chi connectivity index (χ2n) is 6.98. The Morgan fingerprint density at radius 1 is 1.19 bits per heavy atom. The van der Waals surface area contributed by atoms with Gasteiger partial charge >= 0.3 is 5.97 Å². The van der Waals surface area contributed by atoms with E-state index in [0.29, 0.717) is 17.4 Å². The SMILES string of the molecule is O=C(O)CC1(CNC(=O)Cn2nnc3ccccc3c2=O)CCCCC1. The van der Waals surface area contributed by atoms with Gasteiger partial charge in [0.05, 0.1) is 11.8 Å². The number of benzene rings is 1. The predicted octanol–water partition coefficient (Wildman–Crippen LogP) is 1.33. The average Bonchev–Trinajstić information content (AvgIpc) is 2.63. The van der Waals surface area contributed by atoms with Gasteiger partial charge < -0.3 is 10.4 Å². The first kappa shape index (κ1) is 18.0. The third-order valence-corrected chi connectivity index (χ3v) is 5.02. The molecule has 1 aliphatic carbocycles. The number of nitrogens with zero attached hydrogens (tertiary/aromatic N) is 3. The summed E-state index contributed by atoms with van der Waals surface area (Å²) in [6.45, 7) is 0.0632. The second-order valence-corrected chi connectivity index (χ2v) is 6.98. The molecule has 3 rings (SSSR count). The van der Waals surface area contributed by atoms with Crippen LogP contribution in [0.2, 0.25) is 0 Å². The van der Waals surface area contributed by atoms with E-state index in [-0.39, 0.29) is 24.4 Å². The predicted molar refractivity (Wildman–Crippen MR) is 94.6 cm³/mol. The van der Waals surface area contributed by atoms with Gasteiger partial charge in [-0.3, -0.25) is 14.4 Å². The summed E-state index contributed by atoms with van der Waals surface area (Å²) in [5, 5.41) is 20.2. The van der Waals surface area contributed by atoms with E-state index < -0.39 is 11.4 Å². The minimum Gasteiger partial charge on any atom is -0.481 e. The molecule has 0 radical (unpaired) electrons. The Bertz CT molecular complexity index is 871. The van der Waals surface area contributed by atoms with Crippen LogP contribution in [0.5, 0.6) is 0 Å². The summed E-state index contributed by atoms with van der Waals surface area (Å²) >= 11 is 0. The molecule has 1 amide bonds. The normalized spacial score (nSPS) is 16.3. The maximum atomic E-state index is 12.4. The third kappa shape index (κ3) is 4.07. The van der Waals surface area contributed by atoms with Gasteiger partial charge in [0.25, 0.3) is 5.56 Å². The van der Waals surface area contributed by atoms with Crippen LogP contribution in [-0.4, -0.2) is 38.5 Å². The number of amides is 1. The number of carboxylic acids is 1. The summed E-state index contributed by atoms with van der Waals surface area (Å²) in [7, 11) is 0. The van der Waals surface area contributed by atoms with Crippen LogP contribution in [0.3, 0.4) is 0 Å². The number of carboxylic acid groups (broad SMARTS) is 1. The first-order chi connectivity index (χ1) is 12.5. The second kappa shape index (κ2) is 7.63. The Morgan fingerprint density at radius 3 is 2.65 bits per heavy atom. The zero-order chi connectivity index (χ0) is 18.6. The summed E-state index contributed by atoms with van der Waals surface area (Å²) in [5.41, 5.74) is -0.291. The highest BCUT2D eigenvalue weighted by molar-refractivity contribution is 5.78. The topological polar surface area (TPSA) is 114 Å². The van der Waals surface area contributed by atoms with Gasteiger partial charge in [-0.15, -0.1) is 5.10 Å². The van der Waals surface area contributed by atoms with E-state index in [2.05, 4.69) is 15.6 Å². The zero-order valence-corrected chi connectivity index (χ0v) is 14.5. The molecule has 0 spiro atoms. The molecule has 1 saturated carbocycles. The van der Waals surface area contributed by atoms with Crippen molar-refractivity contribution < 1.29 is 14.7 Å². The number of hydrogen-bond acceptors (Lipinski definition) is 5. The smallest absolute Gasteiger partial charge is 0.303 e. The van der Waals surface area contributed by atoms with Crippen molar-refractivity contribution in [3.8, 4) is 0 Å². The Kier molecular flexibility index (Phi) is 5.29. The van der Waals surface area contributed by atoms with Crippen LogP contribution >= 0.6 is 0 Å². The summed E-state index contributed by atoms with van der Waals surface area (Å²) in [6, 6.07) is 6.83. The molecular weight excluding hydrogens is 336 g/mol. The highest BCUT2D eigenvalue weighted by Gasteiger charge is 2.34. The Labute approximate surface area is 150 Å². The fourth-order valence-electron chi connectivity index (χ4n) is 3.64. The molecule has 1 aromatic heterocycles. The van der Waals surface area contributed by atoms with Gasteiger partial charge in [0.15, 0.2) is 0 Å². The van der Waals surface area contributed by atoms with Gasteiger partial charge in [-0.1, -0.05) is 36.6 Å². The number of carbonyl (C=O) groups excluding carboxylic acids is 1. The lowest BCUT2D eigenvalue weighted by molar-refractivity contribution is -0.140. The molecule has 8 heteroatoms. The van der Waals surface area contributed by atoms with Gasteiger partial charge in [0, 0.05) is 6.54 Å². The highest BCUT2D eigenvalue weighted by Crippen LogP contribution is 2.38. The van der Waals surface area contributed by atoms with E-state index in [1.165, 1.54) is 0 Å². The van der Waals surface area contributed by atoms with Crippen molar-refractivity contribution in [3.63, 3.8) is 0 Å². The van der Waals surface area contributed by atoms with Crippen LogP contribution in [0.1, 0.15) is 38.5 Å². The molecule has 1 heterocycles.